The Balaban J connectivity index is 2.79. The molecule has 0 aliphatic carbocycles. The fourth-order valence-electron chi connectivity index (χ4n) is 1.85. The van der Waals surface area contributed by atoms with Crippen molar-refractivity contribution in [1.82, 2.24) is 4.31 Å². The van der Waals surface area contributed by atoms with Crippen molar-refractivity contribution in [2.45, 2.75) is 20.4 Å². The summed E-state index contributed by atoms with van der Waals surface area (Å²) in [6, 6.07) is 7.42. The van der Waals surface area contributed by atoms with E-state index in [1.807, 2.05) is 38.1 Å². The topological polar surface area (TPSA) is 46.6 Å². The fourth-order valence-corrected chi connectivity index (χ4v) is 3.88. The molecule has 0 saturated carbocycles. The third kappa shape index (κ3) is 4.96. The number of hydrogen-bond acceptors (Lipinski definition) is 3. The molecule has 0 heterocycles. The lowest BCUT2D eigenvalue weighted by atomic mass is 10.2. The Kier molecular flexibility index (Phi) is 6.79. The lowest BCUT2D eigenvalue weighted by Crippen LogP contribution is -2.34. The fraction of sp³-hybridized carbons (Fsp3) is 0.571. The van der Waals surface area contributed by atoms with Gasteiger partial charge in [-0.15, -0.1) is 11.6 Å². The van der Waals surface area contributed by atoms with Crippen molar-refractivity contribution >= 4 is 21.6 Å². The van der Waals surface area contributed by atoms with Crippen LogP contribution in [0.5, 0.6) is 5.75 Å². The number of ether oxygens (including phenoxy) is 1. The zero-order chi connectivity index (χ0) is 15.2. The predicted octanol–water partition coefficient (Wildman–Crippen LogP) is 2.72. The molecular formula is C14H22ClNO3S. The van der Waals surface area contributed by atoms with Gasteiger partial charge in [-0.1, -0.05) is 26.0 Å². The second kappa shape index (κ2) is 7.86. The quantitative estimate of drug-likeness (QED) is 0.692. The van der Waals surface area contributed by atoms with Crippen LogP contribution in [0, 0.1) is 5.92 Å². The molecule has 0 fully saturated rings. The summed E-state index contributed by atoms with van der Waals surface area (Å²) in [5, 5.41) is 0. The van der Waals surface area contributed by atoms with Crippen LogP contribution in [0.4, 0.5) is 0 Å². The van der Waals surface area contributed by atoms with Crippen molar-refractivity contribution in [3.05, 3.63) is 29.8 Å². The van der Waals surface area contributed by atoms with Crippen molar-refractivity contribution in [2.75, 3.05) is 25.3 Å². The summed E-state index contributed by atoms with van der Waals surface area (Å²) < 4.78 is 31.2. The Hall–Kier alpha value is -0.780. The van der Waals surface area contributed by atoms with E-state index in [9.17, 15) is 8.42 Å². The van der Waals surface area contributed by atoms with Gasteiger partial charge >= 0.3 is 0 Å². The van der Waals surface area contributed by atoms with Gasteiger partial charge in [0.05, 0.1) is 12.9 Å². The van der Waals surface area contributed by atoms with Crippen LogP contribution in [-0.2, 0) is 16.6 Å². The van der Waals surface area contributed by atoms with E-state index in [0.29, 0.717) is 19.0 Å². The van der Waals surface area contributed by atoms with Crippen LogP contribution in [0.15, 0.2) is 24.3 Å². The van der Waals surface area contributed by atoms with E-state index in [2.05, 4.69) is 0 Å². The summed E-state index contributed by atoms with van der Waals surface area (Å²) >= 11 is 5.70. The van der Waals surface area contributed by atoms with Crippen LogP contribution < -0.4 is 4.74 Å². The van der Waals surface area contributed by atoms with Gasteiger partial charge in [0.25, 0.3) is 0 Å². The van der Waals surface area contributed by atoms with Crippen molar-refractivity contribution in [3.8, 4) is 5.75 Å². The molecule has 6 heteroatoms. The number of methoxy groups -OCH3 is 1. The molecule has 0 aliphatic rings. The van der Waals surface area contributed by atoms with Gasteiger partial charge < -0.3 is 4.74 Å². The van der Waals surface area contributed by atoms with Gasteiger partial charge in [-0.3, -0.25) is 0 Å². The summed E-state index contributed by atoms with van der Waals surface area (Å²) in [7, 11) is -1.68. The zero-order valence-corrected chi connectivity index (χ0v) is 13.7. The lowest BCUT2D eigenvalue weighted by Gasteiger charge is -2.22. The van der Waals surface area contributed by atoms with E-state index in [4.69, 9.17) is 16.3 Å². The van der Waals surface area contributed by atoms with Gasteiger partial charge in [0.15, 0.2) is 0 Å². The molecule has 0 aliphatic heterocycles. The molecule has 1 unspecified atom stereocenters. The Morgan fingerprint density at radius 1 is 1.30 bits per heavy atom. The normalized spacial score (nSPS) is 13.4. The number of sulfonamides is 1. The molecule has 0 bridgehead atoms. The maximum Gasteiger partial charge on any atom is 0.214 e. The molecule has 0 amide bonds. The highest BCUT2D eigenvalue weighted by atomic mass is 35.5. The minimum absolute atomic E-state index is 0.0495. The van der Waals surface area contributed by atoms with Crippen molar-refractivity contribution < 1.29 is 13.2 Å². The highest BCUT2D eigenvalue weighted by Crippen LogP contribution is 2.16. The second-order valence-electron chi connectivity index (χ2n) is 4.81. The molecule has 0 aromatic heterocycles. The average molecular weight is 320 g/mol. The summed E-state index contributed by atoms with van der Waals surface area (Å²) in [6.45, 7) is 4.50. The van der Waals surface area contributed by atoms with Crippen LogP contribution in [0.3, 0.4) is 0 Å². The van der Waals surface area contributed by atoms with Crippen LogP contribution in [0.25, 0.3) is 0 Å². The molecule has 0 radical (unpaired) electrons. The van der Waals surface area contributed by atoms with Gasteiger partial charge in [0, 0.05) is 19.0 Å². The number of hydrogen-bond donors (Lipinski definition) is 0. The predicted molar refractivity (Wildman–Crippen MR) is 82.7 cm³/mol. The van der Waals surface area contributed by atoms with Crippen molar-refractivity contribution in [1.29, 1.82) is 0 Å². The first-order valence-corrected chi connectivity index (χ1v) is 8.74. The third-order valence-corrected chi connectivity index (χ3v) is 5.71. The van der Waals surface area contributed by atoms with E-state index in [1.165, 1.54) is 4.31 Å². The molecule has 0 spiro atoms. The SMILES string of the molecule is CCN(Cc1ccc(OC)cc1)S(=O)(=O)CC(C)CCl. The monoisotopic (exact) mass is 319 g/mol. The van der Waals surface area contributed by atoms with E-state index in [0.717, 1.165) is 11.3 Å². The molecule has 114 valence electrons. The van der Waals surface area contributed by atoms with E-state index < -0.39 is 10.0 Å². The maximum absolute atomic E-state index is 12.3. The Morgan fingerprint density at radius 2 is 1.90 bits per heavy atom. The van der Waals surface area contributed by atoms with Gasteiger partial charge in [-0.25, -0.2) is 8.42 Å². The molecule has 4 nitrogen and oxygen atoms in total. The molecule has 1 aromatic rings. The van der Waals surface area contributed by atoms with Gasteiger partial charge in [0.1, 0.15) is 5.75 Å². The molecule has 1 rings (SSSR count). The van der Waals surface area contributed by atoms with Crippen LogP contribution in [0.2, 0.25) is 0 Å². The van der Waals surface area contributed by atoms with E-state index >= 15 is 0 Å². The number of halogens is 1. The van der Waals surface area contributed by atoms with Crippen LogP contribution >= 0.6 is 11.6 Å². The molecule has 0 saturated heterocycles. The Labute approximate surface area is 126 Å². The van der Waals surface area contributed by atoms with Crippen molar-refractivity contribution in [2.24, 2.45) is 5.92 Å². The molecule has 20 heavy (non-hydrogen) atoms. The molecule has 0 N–H and O–H groups in total. The van der Waals surface area contributed by atoms with Crippen LogP contribution in [0.1, 0.15) is 19.4 Å². The zero-order valence-electron chi connectivity index (χ0n) is 12.2. The molecule has 1 atom stereocenters. The minimum atomic E-state index is -3.28. The lowest BCUT2D eigenvalue weighted by molar-refractivity contribution is 0.411. The first kappa shape index (κ1) is 17.3. The largest absolute Gasteiger partial charge is 0.497 e. The number of nitrogens with zero attached hydrogens (tertiary/aromatic N) is 1. The Bertz CT molecular complexity index is 502. The first-order valence-electron chi connectivity index (χ1n) is 6.59. The standard InChI is InChI=1S/C14H22ClNO3S/c1-4-16(20(17,18)11-12(2)9-15)10-13-5-7-14(19-3)8-6-13/h5-8,12H,4,9-11H2,1-3H3. The number of alkyl halides is 1. The number of rotatable bonds is 8. The Morgan fingerprint density at radius 3 is 2.35 bits per heavy atom. The maximum atomic E-state index is 12.3. The second-order valence-corrected chi connectivity index (χ2v) is 7.13. The van der Waals surface area contributed by atoms with Crippen LogP contribution in [-0.4, -0.2) is 38.0 Å². The van der Waals surface area contributed by atoms with Gasteiger partial charge in [-0.2, -0.15) is 4.31 Å². The summed E-state index contributed by atoms with van der Waals surface area (Å²) in [6.07, 6.45) is 0. The highest BCUT2D eigenvalue weighted by Gasteiger charge is 2.23. The average Bonchev–Trinajstić information content (AvgIpc) is 2.44. The van der Waals surface area contributed by atoms with Crippen molar-refractivity contribution in [3.63, 3.8) is 0 Å². The summed E-state index contributed by atoms with van der Waals surface area (Å²) in [5.74, 6) is 1.14. The number of benzene rings is 1. The first-order chi connectivity index (χ1) is 9.42. The highest BCUT2D eigenvalue weighted by molar-refractivity contribution is 7.89. The molecular weight excluding hydrogens is 298 g/mol. The summed E-state index contributed by atoms with van der Waals surface area (Å²) in [4.78, 5) is 0. The van der Waals surface area contributed by atoms with E-state index in [-0.39, 0.29) is 11.7 Å². The van der Waals surface area contributed by atoms with Gasteiger partial charge in [-0.05, 0) is 23.6 Å². The summed E-state index contributed by atoms with van der Waals surface area (Å²) in [5.41, 5.74) is 0.940. The minimum Gasteiger partial charge on any atom is -0.497 e. The third-order valence-electron chi connectivity index (χ3n) is 3.02. The van der Waals surface area contributed by atoms with E-state index in [1.54, 1.807) is 7.11 Å². The smallest absolute Gasteiger partial charge is 0.214 e. The molecule has 1 aromatic carbocycles. The van der Waals surface area contributed by atoms with Gasteiger partial charge in [0.2, 0.25) is 10.0 Å².